The van der Waals surface area contributed by atoms with Crippen molar-refractivity contribution >= 4 is 0 Å². The molecule has 0 saturated heterocycles. The molecular weight excluding hydrogens is 234 g/mol. The number of benzene rings is 1. The second-order valence-corrected chi connectivity index (χ2v) is 5.80. The van der Waals surface area contributed by atoms with E-state index in [2.05, 4.69) is 37.4 Å². The maximum Gasteiger partial charge on any atom is 0.119 e. The monoisotopic (exact) mass is 261 g/mol. The van der Waals surface area contributed by atoms with Gasteiger partial charge < -0.3 is 10.1 Å². The molecule has 1 aliphatic carbocycles. The van der Waals surface area contributed by atoms with Crippen LogP contribution in [0.1, 0.15) is 57.6 Å². The quantitative estimate of drug-likeness (QED) is 0.852. The van der Waals surface area contributed by atoms with E-state index >= 15 is 0 Å². The van der Waals surface area contributed by atoms with Gasteiger partial charge in [0.05, 0.1) is 7.11 Å². The van der Waals surface area contributed by atoms with Crippen molar-refractivity contribution in [3.63, 3.8) is 0 Å². The van der Waals surface area contributed by atoms with Crippen LogP contribution in [0.25, 0.3) is 0 Å². The molecule has 3 unspecified atom stereocenters. The molecule has 0 bridgehead atoms. The average Bonchev–Trinajstić information content (AvgIpc) is 2.47. The molecule has 19 heavy (non-hydrogen) atoms. The molecule has 3 atom stereocenters. The minimum Gasteiger partial charge on any atom is -0.497 e. The topological polar surface area (TPSA) is 21.3 Å². The van der Waals surface area contributed by atoms with Crippen LogP contribution in [-0.2, 0) is 0 Å². The SMILES string of the molecule is CCC1CCCC(NC(C)c2cccc(OC)c2)C1. The van der Waals surface area contributed by atoms with Crippen LogP contribution in [-0.4, -0.2) is 13.2 Å². The van der Waals surface area contributed by atoms with E-state index in [-0.39, 0.29) is 0 Å². The molecule has 1 N–H and O–H groups in total. The summed E-state index contributed by atoms with van der Waals surface area (Å²) in [6.45, 7) is 4.57. The fourth-order valence-corrected chi connectivity index (χ4v) is 3.17. The number of rotatable bonds is 5. The maximum atomic E-state index is 5.30. The molecule has 0 radical (unpaired) electrons. The van der Waals surface area contributed by atoms with Gasteiger partial charge in [0.25, 0.3) is 0 Å². The van der Waals surface area contributed by atoms with Crippen LogP contribution < -0.4 is 10.1 Å². The lowest BCUT2D eigenvalue weighted by atomic mass is 9.84. The highest BCUT2D eigenvalue weighted by atomic mass is 16.5. The van der Waals surface area contributed by atoms with Crippen LogP contribution >= 0.6 is 0 Å². The summed E-state index contributed by atoms with van der Waals surface area (Å²) < 4.78 is 5.30. The lowest BCUT2D eigenvalue weighted by Crippen LogP contribution is -2.35. The number of ether oxygens (including phenoxy) is 1. The summed E-state index contributed by atoms with van der Waals surface area (Å²) in [6.07, 6.45) is 6.78. The van der Waals surface area contributed by atoms with Crippen molar-refractivity contribution in [3.8, 4) is 5.75 Å². The Morgan fingerprint density at radius 2 is 2.21 bits per heavy atom. The summed E-state index contributed by atoms with van der Waals surface area (Å²) in [5, 5.41) is 3.80. The third-order valence-electron chi connectivity index (χ3n) is 4.44. The zero-order valence-corrected chi connectivity index (χ0v) is 12.5. The van der Waals surface area contributed by atoms with Crippen LogP contribution in [0.2, 0.25) is 0 Å². The van der Waals surface area contributed by atoms with Crippen molar-refractivity contribution in [3.05, 3.63) is 29.8 Å². The number of nitrogens with one attached hydrogen (secondary N) is 1. The van der Waals surface area contributed by atoms with E-state index in [1.165, 1.54) is 37.7 Å². The smallest absolute Gasteiger partial charge is 0.119 e. The predicted molar refractivity (Wildman–Crippen MR) is 80.6 cm³/mol. The van der Waals surface area contributed by atoms with Gasteiger partial charge in [-0.2, -0.15) is 0 Å². The van der Waals surface area contributed by atoms with Gasteiger partial charge >= 0.3 is 0 Å². The molecule has 0 aromatic heterocycles. The van der Waals surface area contributed by atoms with E-state index in [1.54, 1.807) is 7.11 Å². The van der Waals surface area contributed by atoms with Crippen molar-refractivity contribution in [2.45, 2.75) is 58.0 Å². The van der Waals surface area contributed by atoms with Crippen LogP contribution in [0.5, 0.6) is 5.75 Å². The second-order valence-electron chi connectivity index (χ2n) is 5.80. The highest BCUT2D eigenvalue weighted by Gasteiger charge is 2.22. The first-order chi connectivity index (χ1) is 9.22. The van der Waals surface area contributed by atoms with Crippen molar-refractivity contribution in [2.24, 2.45) is 5.92 Å². The average molecular weight is 261 g/mol. The fraction of sp³-hybridized carbons (Fsp3) is 0.647. The third-order valence-corrected chi connectivity index (χ3v) is 4.44. The Labute approximate surface area is 117 Å². The minimum atomic E-state index is 0.399. The van der Waals surface area contributed by atoms with Gasteiger partial charge in [0.1, 0.15) is 5.75 Å². The molecule has 2 rings (SSSR count). The van der Waals surface area contributed by atoms with Gasteiger partial charge in [-0.05, 0) is 43.4 Å². The lowest BCUT2D eigenvalue weighted by molar-refractivity contribution is 0.266. The number of methoxy groups -OCH3 is 1. The standard InChI is InChI=1S/C17H27NO/c1-4-14-7-5-9-16(11-14)18-13(2)15-8-6-10-17(12-15)19-3/h6,8,10,12-14,16,18H,4-5,7,9,11H2,1-3H3. The zero-order valence-electron chi connectivity index (χ0n) is 12.5. The fourth-order valence-electron chi connectivity index (χ4n) is 3.17. The van der Waals surface area contributed by atoms with Gasteiger partial charge in [0, 0.05) is 12.1 Å². The van der Waals surface area contributed by atoms with E-state index < -0.39 is 0 Å². The van der Waals surface area contributed by atoms with Crippen molar-refractivity contribution < 1.29 is 4.74 Å². The normalized spacial score (nSPS) is 25.0. The molecule has 1 fully saturated rings. The van der Waals surface area contributed by atoms with Gasteiger partial charge in [-0.15, -0.1) is 0 Å². The lowest BCUT2D eigenvalue weighted by Gasteiger charge is -2.31. The van der Waals surface area contributed by atoms with Crippen molar-refractivity contribution in [2.75, 3.05) is 7.11 Å². The van der Waals surface area contributed by atoms with Crippen LogP contribution in [0.3, 0.4) is 0 Å². The van der Waals surface area contributed by atoms with Crippen LogP contribution in [0.15, 0.2) is 24.3 Å². The van der Waals surface area contributed by atoms with Crippen molar-refractivity contribution in [1.29, 1.82) is 0 Å². The van der Waals surface area contributed by atoms with E-state index in [4.69, 9.17) is 4.74 Å². The highest BCUT2D eigenvalue weighted by molar-refractivity contribution is 5.30. The number of hydrogen-bond donors (Lipinski definition) is 1. The molecule has 1 aromatic rings. The predicted octanol–water partition coefficient (Wildman–Crippen LogP) is 4.31. The van der Waals surface area contributed by atoms with E-state index in [1.807, 2.05) is 6.07 Å². The van der Waals surface area contributed by atoms with Gasteiger partial charge in [0.15, 0.2) is 0 Å². The van der Waals surface area contributed by atoms with E-state index in [0.29, 0.717) is 12.1 Å². The second kappa shape index (κ2) is 6.95. The van der Waals surface area contributed by atoms with E-state index in [9.17, 15) is 0 Å². The van der Waals surface area contributed by atoms with Gasteiger partial charge in [-0.1, -0.05) is 38.3 Å². The van der Waals surface area contributed by atoms with E-state index in [0.717, 1.165) is 11.7 Å². The van der Waals surface area contributed by atoms with Gasteiger partial charge in [-0.3, -0.25) is 0 Å². The van der Waals surface area contributed by atoms with Gasteiger partial charge in [-0.25, -0.2) is 0 Å². The molecule has 0 amide bonds. The summed E-state index contributed by atoms with van der Waals surface area (Å²) in [6, 6.07) is 9.47. The number of hydrogen-bond acceptors (Lipinski definition) is 2. The first-order valence-electron chi connectivity index (χ1n) is 7.63. The summed E-state index contributed by atoms with van der Waals surface area (Å²) in [4.78, 5) is 0. The van der Waals surface area contributed by atoms with Crippen molar-refractivity contribution in [1.82, 2.24) is 5.32 Å². The molecule has 2 heteroatoms. The highest BCUT2D eigenvalue weighted by Crippen LogP contribution is 2.28. The molecule has 0 aliphatic heterocycles. The Balaban J connectivity index is 1.94. The molecule has 106 valence electrons. The Hall–Kier alpha value is -1.02. The van der Waals surface area contributed by atoms with Gasteiger partial charge in [0.2, 0.25) is 0 Å². The first-order valence-corrected chi connectivity index (χ1v) is 7.63. The Morgan fingerprint density at radius 1 is 1.37 bits per heavy atom. The molecule has 1 aromatic carbocycles. The third kappa shape index (κ3) is 3.97. The molecule has 1 aliphatic rings. The Kier molecular flexibility index (Phi) is 5.26. The maximum absolute atomic E-state index is 5.30. The summed E-state index contributed by atoms with van der Waals surface area (Å²) in [5.41, 5.74) is 1.32. The Bertz CT molecular complexity index is 391. The first kappa shape index (κ1) is 14.4. The minimum absolute atomic E-state index is 0.399. The Morgan fingerprint density at radius 3 is 2.95 bits per heavy atom. The van der Waals surface area contributed by atoms with Crippen LogP contribution in [0.4, 0.5) is 0 Å². The van der Waals surface area contributed by atoms with Crippen LogP contribution in [0, 0.1) is 5.92 Å². The summed E-state index contributed by atoms with van der Waals surface area (Å²) in [5.74, 6) is 1.87. The summed E-state index contributed by atoms with van der Waals surface area (Å²) >= 11 is 0. The molecular formula is C17H27NO. The largest absolute Gasteiger partial charge is 0.497 e. The molecule has 2 nitrogen and oxygen atoms in total. The molecule has 0 heterocycles. The summed E-state index contributed by atoms with van der Waals surface area (Å²) in [7, 11) is 1.73. The molecule has 0 spiro atoms. The zero-order chi connectivity index (χ0) is 13.7. The molecule has 1 saturated carbocycles.